The van der Waals surface area contributed by atoms with Crippen LogP contribution in [0.15, 0.2) is 30.3 Å². The number of carbonyl (C=O) groups excluding carboxylic acids is 6. The first-order chi connectivity index (χ1) is 26.9. The fourth-order valence-corrected chi connectivity index (χ4v) is 5.65. The molecule has 57 heavy (non-hydrogen) atoms. The summed E-state index contributed by atoms with van der Waals surface area (Å²) < 4.78 is 20.9. The topological polar surface area (TPSA) is 212 Å². The number of alkyl carbamates (subject to hydrolysis) is 3. The van der Waals surface area contributed by atoms with Crippen LogP contribution in [0.1, 0.15) is 124 Å². The number of esters is 1. The summed E-state index contributed by atoms with van der Waals surface area (Å²) in [4.78, 5) is 76.1. The van der Waals surface area contributed by atoms with E-state index in [4.69, 9.17) is 18.9 Å². The highest BCUT2D eigenvalue weighted by molar-refractivity contribution is 5.81. The highest BCUT2D eigenvalue weighted by Gasteiger charge is 2.24. The van der Waals surface area contributed by atoms with Crippen molar-refractivity contribution in [3.63, 3.8) is 0 Å². The van der Waals surface area contributed by atoms with Gasteiger partial charge in [0.15, 0.2) is 0 Å². The third-order valence-electron chi connectivity index (χ3n) is 8.29. The molecule has 1 rings (SSSR count). The molecule has 324 valence electrons. The van der Waals surface area contributed by atoms with E-state index in [9.17, 15) is 28.8 Å². The lowest BCUT2D eigenvalue weighted by atomic mass is 10.0. The standard InChI is InChI=1S/C41H70N6O10/c1-40(2,3)56-37(51)43-24-16-13-20-31(26-34(48)46-33(28-36(50)54-8)22-12-15-23-42-7)45-35(49)27-32(21-14-17-25-44-38(52)57-41(4,5)6)47-39(53)55-29-30-18-10-9-11-19-30/h9-11,18-19,31-33,42H,12-17,20-29H2,1-8H3,(H,43,51)(H,44,52)(H,45,49)(H,46,48)(H,47,53). The van der Waals surface area contributed by atoms with Crippen molar-refractivity contribution in [3.8, 4) is 0 Å². The van der Waals surface area contributed by atoms with Crippen LogP contribution in [0.25, 0.3) is 0 Å². The van der Waals surface area contributed by atoms with E-state index in [2.05, 4.69) is 31.9 Å². The summed E-state index contributed by atoms with van der Waals surface area (Å²) in [5.74, 6) is -1.14. The average molecular weight is 807 g/mol. The van der Waals surface area contributed by atoms with E-state index < -0.39 is 53.6 Å². The summed E-state index contributed by atoms with van der Waals surface area (Å²) in [7, 11) is 3.16. The molecule has 3 unspecified atom stereocenters. The van der Waals surface area contributed by atoms with Gasteiger partial charge in [0.05, 0.1) is 13.5 Å². The molecule has 0 aromatic heterocycles. The Kier molecular flexibility index (Phi) is 24.7. The van der Waals surface area contributed by atoms with Crippen LogP contribution in [0.3, 0.4) is 0 Å². The Morgan fingerprint density at radius 1 is 0.579 bits per heavy atom. The van der Waals surface area contributed by atoms with Crippen molar-refractivity contribution >= 4 is 36.1 Å². The molecule has 1 aromatic carbocycles. The maximum absolute atomic E-state index is 13.6. The number of amides is 5. The molecule has 0 aliphatic rings. The van der Waals surface area contributed by atoms with Gasteiger partial charge in [-0.3, -0.25) is 14.4 Å². The van der Waals surface area contributed by atoms with Crippen LogP contribution in [0.2, 0.25) is 0 Å². The van der Waals surface area contributed by atoms with E-state index in [0.717, 1.165) is 24.9 Å². The molecule has 5 amide bonds. The molecule has 1 aromatic rings. The number of unbranched alkanes of at least 4 members (excludes halogenated alkanes) is 3. The first-order valence-corrected chi connectivity index (χ1v) is 20.1. The first-order valence-electron chi connectivity index (χ1n) is 20.1. The minimum Gasteiger partial charge on any atom is -0.469 e. The predicted octanol–water partition coefficient (Wildman–Crippen LogP) is 5.37. The number of methoxy groups -OCH3 is 1. The Morgan fingerprint density at radius 3 is 1.46 bits per heavy atom. The highest BCUT2D eigenvalue weighted by Crippen LogP contribution is 2.13. The maximum atomic E-state index is 13.6. The van der Waals surface area contributed by atoms with Crippen molar-refractivity contribution in [1.29, 1.82) is 0 Å². The zero-order valence-corrected chi connectivity index (χ0v) is 35.5. The van der Waals surface area contributed by atoms with Gasteiger partial charge in [0.2, 0.25) is 11.8 Å². The largest absolute Gasteiger partial charge is 0.469 e. The van der Waals surface area contributed by atoms with Gasteiger partial charge in [-0.25, -0.2) is 14.4 Å². The summed E-state index contributed by atoms with van der Waals surface area (Å²) in [5, 5.41) is 17.3. The van der Waals surface area contributed by atoms with E-state index in [-0.39, 0.29) is 37.7 Å². The molecule has 0 spiro atoms. The minimum atomic E-state index is -0.677. The second-order valence-electron chi connectivity index (χ2n) is 16.1. The smallest absolute Gasteiger partial charge is 0.407 e. The molecule has 0 heterocycles. The van der Waals surface area contributed by atoms with Crippen LogP contribution in [-0.2, 0) is 39.9 Å². The lowest BCUT2D eigenvalue weighted by Crippen LogP contribution is -2.45. The number of benzene rings is 1. The molecule has 0 bridgehead atoms. The van der Waals surface area contributed by atoms with Crippen LogP contribution < -0.4 is 31.9 Å². The Labute approximate surface area is 339 Å². The van der Waals surface area contributed by atoms with E-state index in [1.165, 1.54) is 7.11 Å². The monoisotopic (exact) mass is 807 g/mol. The first kappa shape index (κ1) is 50.4. The molecule has 0 saturated carbocycles. The number of ether oxygens (including phenoxy) is 4. The number of nitrogens with one attached hydrogen (secondary N) is 6. The molecular formula is C41H70N6O10. The van der Waals surface area contributed by atoms with E-state index in [0.29, 0.717) is 58.0 Å². The van der Waals surface area contributed by atoms with Crippen molar-refractivity contribution in [2.45, 2.75) is 155 Å². The second-order valence-corrected chi connectivity index (χ2v) is 16.1. The van der Waals surface area contributed by atoms with Gasteiger partial charge in [-0.1, -0.05) is 36.8 Å². The summed E-state index contributed by atoms with van der Waals surface area (Å²) in [6.45, 7) is 12.2. The third kappa shape index (κ3) is 28.4. The van der Waals surface area contributed by atoms with Gasteiger partial charge in [-0.05, 0) is 112 Å². The third-order valence-corrected chi connectivity index (χ3v) is 8.29. The van der Waals surface area contributed by atoms with Crippen molar-refractivity contribution in [2.75, 3.05) is 33.8 Å². The van der Waals surface area contributed by atoms with E-state index >= 15 is 0 Å². The average Bonchev–Trinajstić information content (AvgIpc) is 3.10. The normalized spacial score (nSPS) is 12.9. The number of carbonyl (C=O) groups is 6. The van der Waals surface area contributed by atoms with Gasteiger partial charge < -0.3 is 50.8 Å². The van der Waals surface area contributed by atoms with Gasteiger partial charge in [0, 0.05) is 44.1 Å². The maximum Gasteiger partial charge on any atom is 0.407 e. The van der Waals surface area contributed by atoms with E-state index in [1.54, 1.807) is 41.5 Å². The molecule has 0 radical (unpaired) electrons. The molecule has 6 N–H and O–H groups in total. The van der Waals surface area contributed by atoms with Gasteiger partial charge in [-0.2, -0.15) is 0 Å². The van der Waals surface area contributed by atoms with Crippen molar-refractivity contribution in [3.05, 3.63) is 35.9 Å². The Bertz CT molecular complexity index is 1350. The number of hydrogen-bond donors (Lipinski definition) is 6. The minimum absolute atomic E-state index is 0.0240. The summed E-state index contributed by atoms with van der Waals surface area (Å²) in [6, 6.07) is 7.59. The Hall–Kier alpha value is -4.60. The van der Waals surface area contributed by atoms with Crippen molar-refractivity contribution in [1.82, 2.24) is 31.9 Å². The zero-order valence-electron chi connectivity index (χ0n) is 35.5. The van der Waals surface area contributed by atoms with Crippen LogP contribution in [0.5, 0.6) is 0 Å². The summed E-state index contributed by atoms with van der Waals surface area (Å²) in [6.07, 6.45) is 3.50. The quantitative estimate of drug-likeness (QED) is 0.0398. The number of rotatable bonds is 26. The molecule has 16 heteroatoms. The van der Waals surface area contributed by atoms with Gasteiger partial charge in [-0.15, -0.1) is 0 Å². The molecule has 16 nitrogen and oxygen atoms in total. The highest BCUT2D eigenvalue weighted by atomic mass is 16.6. The summed E-state index contributed by atoms with van der Waals surface area (Å²) >= 11 is 0. The second kappa shape index (κ2) is 27.9. The summed E-state index contributed by atoms with van der Waals surface area (Å²) in [5.41, 5.74) is -0.448. The molecule has 0 fully saturated rings. The fraction of sp³-hybridized carbons (Fsp3) is 0.707. The van der Waals surface area contributed by atoms with Crippen molar-refractivity contribution < 1.29 is 47.7 Å². The molecule has 3 atom stereocenters. The SMILES string of the molecule is CNCCCCC(CC(=O)OC)NC(=O)CC(CCCCNC(=O)OC(C)(C)C)NC(=O)CC(CCCCNC(=O)OC(C)(C)C)NC(=O)OCc1ccccc1. The molecule has 0 aliphatic heterocycles. The molecule has 0 aliphatic carbocycles. The van der Waals surface area contributed by atoms with E-state index in [1.807, 2.05) is 37.4 Å². The lowest BCUT2D eigenvalue weighted by Gasteiger charge is -2.24. The lowest BCUT2D eigenvalue weighted by molar-refractivity contribution is -0.141. The Balaban J connectivity index is 3.00. The van der Waals surface area contributed by atoms with Crippen LogP contribution >= 0.6 is 0 Å². The van der Waals surface area contributed by atoms with Gasteiger partial charge in [0.1, 0.15) is 17.8 Å². The van der Waals surface area contributed by atoms with Gasteiger partial charge >= 0.3 is 24.2 Å². The van der Waals surface area contributed by atoms with Crippen LogP contribution in [0.4, 0.5) is 14.4 Å². The molecule has 0 saturated heterocycles. The van der Waals surface area contributed by atoms with Gasteiger partial charge in [0.25, 0.3) is 0 Å². The predicted molar refractivity (Wildman–Crippen MR) is 217 cm³/mol. The Morgan fingerprint density at radius 2 is 1.02 bits per heavy atom. The van der Waals surface area contributed by atoms with Crippen LogP contribution in [-0.4, -0.2) is 99.2 Å². The van der Waals surface area contributed by atoms with Crippen LogP contribution in [0, 0.1) is 0 Å². The number of hydrogen-bond acceptors (Lipinski definition) is 11. The zero-order chi connectivity index (χ0) is 42.7. The fourth-order valence-electron chi connectivity index (χ4n) is 5.65. The van der Waals surface area contributed by atoms with Crippen molar-refractivity contribution in [2.24, 2.45) is 0 Å². The molecular weight excluding hydrogens is 736 g/mol.